The van der Waals surface area contributed by atoms with Crippen molar-refractivity contribution in [2.45, 2.75) is 6.54 Å². The summed E-state index contributed by atoms with van der Waals surface area (Å²) in [6, 6.07) is 13.8. The van der Waals surface area contributed by atoms with Crippen molar-refractivity contribution in [2.75, 3.05) is 7.11 Å². The smallest absolute Gasteiger partial charge is 0.294 e. The molecule has 0 N–H and O–H groups in total. The standard InChI is InChI=1S/C22H16N6O4S/c1-32-16-6-4-5-14(9-16)21-25-15(12-33-21)11-26-13-23-20-17(22(26)29)10-24-27(20)18-7-2-3-8-19(18)28(30)31/h2-10,12-13H,11H2,1H3. The number of thiazole rings is 1. The zero-order valence-electron chi connectivity index (χ0n) is 17.3. The Morgan fingerprint density at radius 1 is 1.18 bits per heavy atom. The second kappa shape index (κ2) is 8.28. The number of para-hydroxylation sites is 2. The lowest BCUT2D eigenvalue weighted by Gasteiger charge is -2.05. The highest BCUT2D eigenvalue weighted by atomic mass is 32.1. The second-order valence-corrected chi connectivity index (χ2v) is 7.95. The van der Waals surface area contributed by atoms with Gasteiger partial charge in [0, 0.05) is 17.0 Å². The fraction of sp³-hybridized carbons (Fsp3) is 0.0909. The number of benzene rings is 2. The van der Waals surface area contributed by atoms with E-state index in [2.05, 4.69) is 15.1 Å². The van der Waals surface area contributed by atoms with Crippen molar-refractivity contribution in [3.63, 3.8) is 0 Å². The molecule has 0 aliphatic heterocycles. The van der Waals surface area contributed by atoms with Gasteiger partial charge in [0.1, 0.15) is 28.2 Å². The number of ether oxygens (including phenoxy) is 1. The van der Waals surface area contributed by atoms with E-state index < -0.39 is 4.92 Å². The summed E-state index contributed by atoms with van der Waals surface area (Å²) in [6.45, 7) is 0.235. The Morgan fingerprint density at radius 3 is 2.85 bits per heavy atom. The first-order valence-corrected chi connectivity index (χ1v) is 10.7. The van der Waals surface area contributed by atoms with E-state index in [-0.39, 0.29) is 34.5 Å². The van der Waals surface area contributed by atoms with Crippen LogP contribution in [0.4, 0.5) is 5.69 Å². The summed E-state index contributed by atoms with van der Waals surface area (Å²) >= 11 is 1.47. The normalized spacial score (nSPS) is 11.1. The quantitative estimate of drug-likeness (QED) is 0.280. The van der Waals surface area contributed by atoms with Gasteiger partial charge in [0.2, 0.25) is 0 Å². The first-order chi connectivity index (χ1) is 16.0. The molecule has 0 aliphatic carbocycles. The van der Waals surface area contributed by atoms with Crippen LogP contribution < -0.4 is 10.3 Å². The molecule has 0 unspecified atom stereocenters. The number of fused-ring (bicyclic) bond motifs is 1. The Balaban J connectivity index is 1.48. The summed E-state index contributed by atoms with van der Waals surface area (Å²) < 4.78 is 8.02. The number of aromatic nitrogens is 5. The van der Waals surface area contributed by atoms with Gasteiger partial charge in [0.15, 0.2) is 5.65 Å². The van der Waals surface area contributed by atoms with Gasteiger partial charge in [-0.05, 0) is 18.2 Å². The van der Waals surface area contributed by atoms with E-state index in [1.165, 1.54) is 39.2 Å². The minimum atomic E-state index is -0.494. The molecule has 11 heteroatoms. The van der Waals surface area contributed by atoms with E-state index in [0.29, 0.717) is 5.69 Å². The molecule has 5 aromatic rings. The lowest BCUT2D eigenvalue weighted by atomic mass is 10.2. The van der Waals surface area contributed by atoms with E-state index in [1.54, 1.807) is 25.3 Å². The Hall–Kier alpha value is -4.38. The average molecular weight is 460 g/mol. The van der Waals surface area contributed by atoms with Gasteiger partial charge in [-0.15, -0.1) is 11.3 Å². The number of methoxy groups -OCH3 is 1. The SMILES string of the molecule is COc1cccc(-c2nc(Cn3cnc4c(cnn4-c4ccccc4[N+](=O)[O-])c3=O)cs2)c1. The highest BCUT2D eigenvalue weighted by Crippen LogP contribution is 2.27. The number of nitro groups is 1. The van der Waals surface area contributed by atoms with Gasteiger partial charge in [-0.2, -0.15) is 5.10 Å². The predicted octanol–water partition coefficient (Wildman–Crippen LogP) is 3.67. The topological polar surface area (TPSA) is 118 Å². The van der Waals surface area contributed by atoms with Crippen molar-refractivity contribution in [3.8, 4) is 22.0 Å². The molecule has 0 bridgehead atoms. The van der Waals surface area contributed by atoms with Crippen LogP contribution in [-0.4, -0.2) is 36.3 Å². The molecule has 2 aromatic carbocycles. The molecule has 0 saturated carbocycles. The molecule has 3 heterocycles. The first kappa shape index (κ1) is 20.5. The maximum absolute atomic E-state index is 13.1. The first-order valence-electron chi connectivity index (χ1n) is 9.81. The largest absolute Gasteiger partial charge is 0.497 e. The molecule has 3 aromatic heterocycles. The minimum absolute atomic E-state index is 0.124. The summed E-state index contributed by atoms with van der Waals surface area (Å²) in [5.74, 6) is 0.741. The Labute approximate surface area is 190 Å². The molecule has 0 atom stereocenters. The molecule has 0 fully saturated rings. The molecule has 0 radical (unpaired) electrons. The van der Waals surface area contributed by atoms with Crippen LogP contribution in [-0.2, 0) is 6.54 Å². The maximum Gasteiger partial charge on any atom is 0.294 e. The van der Waals surface area contributed by atoms with Gasteiger partial charge in [0.05, 0.1) is 30.5 Å². The molecule has 10 nitrogen and oxygen atoms in total. The summed E-state index contributed by atoms with van der Waals surface area (Å²) in [5, 5.41) is 18.5. The highest BCUT2D eigenvalue weighted by Gasteiger charge is 2.19. The van der Waals surface area contributed by atoms with Crippen molar-refractivity contribution in [3.05, 3.63) is 92.6 Å². The van der Waals surface area contributed by atoms with Crippen LogP contribution in [0.2, 0.25) is 0 Å². The van der Waals surface area contributed by atoms with Gasteiger partial charge >= 0.3 is 0 Å². The molecule has 33 heavy (non-hydrogen) atoms. The third-order valence-corrected chi connectivity index (χ3v) is 6.00. The van der Waals surface area contributed by atoms with E-state index in [4.69, 9.17) is 4.74 Å². The summed E-state index contributed by atoms with van der Waals surface area (Å²) in [5.41, 5.74) is 1.71. The molecule has 164 valence electrons. The molecule has 0 amide bonds. The van der Waals surface area contributed by atoms with Gasteiger partial charge in [0.25, 0.3) is 11.2 Å². The van der Waals surface area contributed by atoms with E-state index in [0.717, 1.165) is 16.3 Å². The lowest BCUT2D eigenvalue weighted by molar-refractivity contribution is -0.384. The number of nitro benzene ring substituents is 1. The zero-order chi connectivity index (χ0) is 22.9. The molecular formula is C22H16N6O4S. The van der Waals surface area contributed by atoms with Crippen LogP contribution in [0.5, 0.6) is 5.75 Å². The van der Waals surface area contributed by atoms with Gasteiger partial charge < -0.3 is 4.74 Å². The highest BCUT2D eigenvalue weighted by molar-refractivity contribution is 7.13. The minimum Gasteiger partial charge on any atom is -0.497 e. The number of nitrogens with zero attached hydrogens (tertiary/aromatic N) is 6. The summed E-state index contributed by atoms with van der Waals surface area (Å²) in [6.07, 6.45) is 2.78. The molecule has 5 rings (SSSR count). The van der Waals surface area contributed by atoms with Crippen molar-refractivity contribution in [1.29, 1.82) is 0 Å². The third kappa shape index (κ3) is 3.74. The molecule has 0 spiro atoms. The number of hydrogen-bond acceptors (Lipinski definition) is 8. The van der Waals surface area contributed by atoms with Gasteiger partial charge in [-0.25, -0.2) is 14.6 Å². The summed E-state index contributed by atoms with van der Waals surface area (Å²) in [4.78, 5) is 32.9. The molecule has 0 aliphatic rings. The van der Waals surface area contributed by atoms with E-state index in [9.17, 15) is 14.9 Å². The number of hydrogen-bond donors (Lipinski definition) is 0. The Morgan fingerprint density at radius 2 is 2.03 bits per heavy atom. The van der Waals surface area contributed by atoms with Crippen LogP contribution in [0.1, 0.15) is 5.69 Å². The van der Waals surface area contributed by atoms with Crippen LogP contribution in [0.15, 0.2) is 71.2 Å². The molecular weight excluding hydrogens is 444 g/mol. The van der Waals surface area contributed by atoms with Gasteiger partial charge in [-0.1, -0.05) is 24.3 Å². The van der Waals surface area contributed by atoms with E-state index >= 15 is 0 Å². The van der Waals surface area contributed by atoms with Crippen molar-refractivity contribution < 1.29 is 9.66 Å². The van der Waals surface area contributed by atoms with E-state index in [1.807, 2.05) is 29.6 Å². The van der Waals surface area contributed by atoms with Crippen molar-refractivity contribution >= 4 is 28.1 Å². The van der Waals surface area contributed by atoms with Gasteiger partial charge in [-0.3, -0.25) is 19.5 Å². The number of rotatable bonds is 6. The average Bonchev–Trinajstić information content (AvgIpc) is 3.48. The van der Waals surface area contributed by atoms with Crippen LogP contribution >= 0.6 is 11.3 Å². The Bertz CT molecular complexity index is 1550. The van der Waals surface area contributed by atoms with Crippen molar-refractivity contribution in [1.82, 2.24) is 24.3 Å². The lowest BCUT2D eigenvalue weighted by Crippen LogP contribution is -2.21. The second-order valence-electron chi connectivity index (χ2n) is 7.09. The third-order valence-electron chi connectivity index (χ3n) is 5.06. The maximum atomic E-state index is 13.1. The monoisotopic (exact) mass is 460 g/mol. The van der Waals surface area contributed by atoms with Crippen LogP contribution in [0, 0.1) is 10.1 Å². The van der Waals surface area contributed by atoms with Crippen molar-refractivity contribution in [2.24, 2.45) is 0 Å². The fourth-order valence-corrected chi connectivity index (χ4v) is 4.29. The van der Waals surface area contributed by atoms with Crippen LogP contribution in [0.25, 0.3) is 27.3 Å². The summed E-state index contributed by atoms with van der Waals surface area (Å²) in [7, 11) is 1.61. The molecule has 0 saturated heterocycles. The Kier molecular flexibility index (Phi) is 5.15. The van der Waals surface area contributed by atoms with Crippen LogP contribution in [0.3, 0.4) is 0 Å². The fourth-order valence-electron chi connectivity index (χ4n) is 3.48. The predicted molar refractivity (Wildman–Crippen MR) is 123 cm³/mol. The zero-order valence-corrected chi connectivity index (χ0v) is 18.1.